The second-order valence-electron chi connectivity index (χ2n) is 12.3. The van der Waals surface area contributed by atoms with Crippen molar-refractivity contribution in [3.8, 4) is 0 Å². The third-order valence-electron chi connectivity index (χ3n) is 10.0. The first-order valence-corrected chi connectivity index (χ1v) is 13.2. The molecule has 2 heteroatoms. The van der Waals surface area contributed by atoms with Gasteiger partial charge in [-0.15, -0.1) is 0 Å². The molecule has 2 nitrogen and oxygen atoms in total. The fourth-order valence-corrected chi connectivity index (χ4v) is 8.37. The lowest BCUT2D eigenvalue weighted by molar-refractivity contribution is -0.150. The molecule has 0 heterocycles. The lowest BCUT2D eigenvalue weighted by Gasteiger charge is -2.55. The summed E-state index contributed by atoms with van der Waals surface area (Å²) in [5, 5.41) is 0. The van der Waals surface area contributed by atoms with Crippen molar-refractivity contribution in [2.45, 2.75) is 112 Å². The standard InChI is InChI=1S/C29H46O2/c1-19(2)8-7-9-20(3)25-12-13-26-24-11-10-22-18-23(31-21(4)30)14-16-28(22,5)27(24)15-17-29(25,26)6/h7,9,19-20,22-23,25-26H,8,10-18H2,1-6H3. The molecule has 31 heavy (non-hydrogen) atoms. The Morgan fingerprint density at radius 1 is 1.10 bits per heavy atom. The van der Waals surface area contributed by atoms with Gasteiger partial charge in [0.1, 0.15) is 6.10 Å². The van der Waals surface area contributed by atoms with Gasteiger partial charge in [0.2, 0.25) is 0 Å². The lowest BCUT2D eigenvalue weighted by atomic mass is 9.50. The van der Waals surface area contributed by atoms with Crippen LogP contribution in [-0.4, -0.2) is 12.1 Å². The minimum atomic E-state index is -0.105. The van der Waals surface area contributed by atoms with Crippen molar-refractivity contribution in [3.63, 3.8) is 0 Å². The van der Waals surface area contributed by atoms with Crippen molar-refractivity contribution in [1.29, 1.82) is 0 Å². The largest absolute Gasteiger partial charge is 0.463 e. The van der Waals surface area contributed by atoms with E-state index in [0.717, 1.165) is 30.6 Å². The molecular formula is C29H46O2. The van der Waals surface area contributed by atoms with Crippen molar-refractivity contribution in [3.05, 3.63) is 23.3 Å². The molecule has 2 fully saturated rings. The molecule has 4 aliphatic carbocycles. The topological polar surface area (TPSA) is 26.3 Å². The van der Waals surface area contributed by atoms with Gasteiger partial charge < -0.3 is 4.74 Å². The Labute approximate surface area is 191 Å². The number of hydrogen-bond acceptors (Lipinski definition) is 2. The average Bonchev–Trinajstić information content (AvgIpc) is 3.05. The van der Waals surface area contributed by atoms with Gasteiger partial charge in [-0.25, -0.2) is 0 Å². The number of hydrogen-bond donors (Lipinski definition) is 0. The van der Waals surface area contributed by atoms with Crippen LogP contribution < -0.4 is 0 Å². The summed E-state index contributed by atoms with van der Waals surface area (Å²) < 4.78 is 5.63. The van der Waals surface area contributed by atoms with Gasteiger partial charge in [-0.1, -0.05) is 57.9 Å². The Balaban J connectivity index is 1.52. The maximum Gasteiger partial charge on any atom is 0.302 e. The van der Waals surface area contributed by atoms with Gasteiger partial charge in [0.25, 0.3) is 0 Å². The minimum Gasteiger partial charge on any atom is -0.463 e. The van der Waals surface area contributed by atoms with Gasteiger partial charge in [0.15, 0.2) is 0 Å². The van der Waals surface area contributed by atoms with Crippen molar-refractivity contribution in [1.82, 2.24) is 0 Å². The monoisotopic (exact) mass is 426 g/mol. The van der Waals surface area contributed by atoms with Gasteiger partial charge in [-0.2, -0.15) is 0 Å². The number of esters is 1. The molecule has 0 aliphatic heterocycles. The van der Waals surface area contributed by atoms with Crippen LogP contribution in [0.3, 0.4) is 0 Å². The average molecular weight is 427 g/mol. The molecular weight excluding hydrogens is 380 g/mol. The molecule has 0 saturated heterocycles. The van der Waals surface area contributed by atoms with E-state index in [1.165, 1.54) is 51.4 Å². The summed E-state index contributed by atoms with van der Waals surface area (Å²) in [7, 11) is 0. The predicted molar refractivity (Wildman–Crippen MR) is 129 cm³/mol. The summed E-state index contributed by atoms with van der Waals surface area (Å²) in [5.74, 6) is 3.69. The number of allylic oxidation sites excluding steroid dienone is 4. The van der Waals surface area contributed by atoms with E-state index in [9.17, 15) is 4.79 Å². The van der Waals surface area contributed by atoms with Gasteiger partial charge in [-0.05, 0) is 105 Å². The Morgan fingerprint density at radius 3 is 2.58 bits per heavy atom. The van der Waals surface area contributed by atoms with Crippen molar-refractivity contribution >= 4 is 5.97 Å². The van der Waals surface area contributed by atoms with Crippen LogP contribution in [0.1, 0.15) is 106 Å². The number of ether oxygens (including phenoxy) is 1. The van der Waals surface area contributed by atoms with E-state index in [1.54, 1.807) is 6.92 Å². The molecule has 0 aromatic heterocycles. The Morgan fingerprint density at radius 2 is 1.87 bits per heavy atom. The normalized spacial score (nSPS) is 41.1. The van der Waals surface area contributed by atoms with E-state index in [4.69, 9.17) is 4.74 Å². The van der Waals surface area contributed by atoms with E-state index in [1.807, 2.05) is 11.1 Å². The zero-order valence-corrected chi connectivity index (χ0v) is 21.0. The van der Waals surface area contributed by atoms with Crippen LogP contribution in [0.15, 0.2) is 23.3 Å². The molecule has 7 atom stereocenters. The summed E-state index contributed by atoms with van der Waals surface area (Å²) in [6.45, 7) is 13.9. The van der Waals surface area contributed by atoms with E-state index in [2.05, 4.69) is 46.8 Å². The highest BCUT2D eigenvalue weighted by Crippen LogP contribution is 2.65. The molecule has 0 N–H and O–H groups in total. The van der Waals surface area contributed by atoms with Crippen LogP contribution in [0.4, 0.5) is 0 Å². The molecule has 7 unspecified atom stereocenters. The molecule has 2 saturated carbocycles. The molecule has 174 valence electrons. The second-order valence-corrected chi connectivity index (χ2v) is 12.3. The number of carbonyl (C=O) groups is 1. The van der Waals surface area contributed by atoms with Crippen LogP contribution in [0.25, 0.3) is 0 Å². The third-order valence-corrected chi connectivity index (χ3v) is 10.0. The molecule has 0 aromatic carbocycles. The highest BCUT2D eigenvalue weighted by atomic mass is 16.5. The quantitative estimate of drug-likeness (QED) is 0.330. The molecule has 0 amide bonds. The maximum absolute atomic E-state index is 11.5. The summed E-state index contributed by atoms with van der Waals surface area (Å²) >= 11 is 0. The van der Waals surface area contributed by atoms with Gasteiger partial charge in [0, 0.05) is 6.92 Å². The first-order chi connectivity index (χ1) is 14.6. The summed E-state index contributed by atoms with van der Waals surface area (Å²) in [4.78, 5) is 11.5. The van der Waals surface area contributed by atoms with Gasteiger partial charge >= 0.3 is 5.97 Å². The summed E-state index contributed by atoms with van der Waals surface area (Å²) in [6.07, 6.45) is 17.8. The zero-order chi connectivity index (χ0) is 22.4. The molecule has 0 spiro atoms. The molecule has 4 aliphatic rings. The highest BCUT2D eigenvalue weighted by molar-refractivity contribution is 5.66. The number of rotatable bonds is 5. The maximum atomic E-state index is 11.5. The summed E-state index contributed by atoms with van der Waals surface area (Å²) in [6, 6.07) is 0. The molecule has 4 rings (SSSR count). The van der Waals surface area contributed by atoms with Crippen LogP contribution in [-0.2, 0) is 9.53 Å². The Kier molecular flexibility index (Phi) is 6.50. The van der Waals surface area contributed by atoms with Crippen LogP contribution in [0, 0.1) is 40.4 Å². The van der Waals surface area contributed by atoms with E-state index in [0.29, 0.717) is 22.7 Å². The fraction of sp³-hybridized carbons (Fsp3) is 0.828. The van der Waals surface area contributed by atoms with Gasteiger partial charge in [0.05, 0.1) is 0 Å². The van der Waals surface area contributed by atoms with Crippen molar-refractivity contribution in [2.24, 2.45) is 40.4 Å². The Hall–Kier alpha value is -1.05. The molecule has 0 aromatic rings. The number of carbonyl (C=O) groups excluding carboxylic acids is 1. The first kappa shape index (κ1) is 23.1. The highest BCUT2D eigenvalue weighted by Gasteiger charge is 2.55. The predicted octanol–water partition coefficient (Wildman–Crippen LogP) is 7.88. The Bertz CT molecular complexity index is 746. The SMILES string of the molecule is CC(=O)OC1CCC2(C)C3=C(CCC2C1)C1CCC(C(C)C=CCC(C)C)C1(C)CC3. The van der Waals surface area contributed by atoms with Crippen LogP contribution in [0.2, 0.25) is 0 Å². The van der Waals surface area contributed by atoms with E-state index < -0.39 is 0 Å². The fourth-order valence-electron chi connectivity index (χ4n) is 8.37. The molecule has 0 radical (unpaired) electrons. The van der Waals surface area contributed by atoms with E-state index in [-0.39, 0.29) is 12.1 Å². The summed E-state index contributed by atoms with van der Waals surface area (Å²) in [5.41, 5.74) is 4.56. The minimum absolute atomic E-state index is 0.105. The lowest BCUT2D eigenvalue weighted by Crippen LogP contribution is -2.46. The second kappa shape index (κ2) is 8.71. The first-order valence-electron chi connectivity index (χ1n) is 13.2. The smallest absolute Gasteiger partial charge is 0.302 e. The van der Waals surface area contributed by atoms with Gasteiger partial charge in [-0.3, -0.25) is 4.79 Å². The van der Waals surface area contributed by atoms with E-state index >= 15 is 0 Å². The van der Waals surface area contributed by atoms with Crippen LogP contribution >= 0.6 is 0 Å². The number of fused-ring (bicyclic) bond motifs is 4. The van der Waals surface area contributed by atoms with Crippen LogP contribution in [0.5, 0.6) is 0 Å². The zero-order valence-electron chi connectivity index (χ0n) is 21.0. The molecule has 0 bridgehead atoms. The van der Waals surface area contributed by atoms with Crippen molar-refractivity contribution in [2.75, 3.05) is 0 Å². The van der Waals surface area contributed by atoms with Crippen molar-refractivity contribution < 1.29 is 9.53 Å². The third kappa shape index (κ3) is 4.18.